The highest BCUT2D eigenvalue weighted by Crippen LogP contribution is 2.64. The normalized spacial score (nSPS) is 47.0. The number of fused-ring (bicyclic) bond motifs is 5. The molecule has 4 aliphatic rings. The van der Waals surface area contributed by atoms with Crippen molar-refractivity contribution >= 4 is 17.5 Å². The predicted molar refractivity (Wildman–Crippen MR) is 98.7 cm³/mol. The lowest BCUT2D eigenvalue weighted by Crippen LogP contribution is -2.55. The monoisotopic (exact) mass is 372 g/mol. The number of aliphatic hydroxyl groups excluding tert-OH is 1. The van der Waals surface area contributed by atoms with Gasteiger partial charge in [0.25, 0.3) is 0 Å². The van der Waals surface area contributed by atoms with Gasteiger partial charge in [-0.05, 0) is 60.0 Å². The molecular weight excluding hydrogens is 344 g/mol. The summed E-state index contributed by atoms with van der Waals surface area (Å²) in [5, 5.41) is 19.7. The second-order valence-corrected chi connectivity index (χ2v) is 9.51. The Labute approximate surface area is 159 Å². The lowest BCUT2D eigenvalue weighted by atomic mass is 9.47. The molecule has 27 heavy (non-hydrogen) atoms. The second kappa shape index (κ2) is 5.87. The average molecular weight is 372 g/mol. The molecule has 0 spiro atoms. The van der Waals surface area contributed by atoms with Crippen LogP contribution in [0.5, 0.6) is 0 Å². The van der Waals surface area contributed by atoms with Gasteiger partial charge in [0.15, 0.2) is 5.78 Å². The van der Waals surface area contributed by atoms with Gasteiger partial charge in [0.2, 0.25) is 0 Å². The van der Waals surface area contributed by atoms with Gasteiger partial charge >= 0.3 is 5.97 Å². The summed E-state index contributed by atoms with van der Waals surface area (Å²) in [5.74, 6) is -1.23. The fourth-order valence-corrected chi connectivity index (χ4v) is 6.79. The minimum absolute atomic E-state index is 0.0564. The van der Waals surface area contributed by atoms with E-state index in [9.17, 15) is 24.6 Å². The molecule has 0 amide bonds. The largest absolute Gasteiger partial charge is 0.481 e. The molecule has 2 saturated carbocycles. The summed E-state index contributed by atoms with van der Waals surface area (Å²) < 4.78 is 0. The van der Waals surface area contributed by atoms with Crippen LogP contribution >= 0.6 is 0 Å². The quantitative estimate of drug-likeness (QED) is 0.778. The van der Waals surface area contributed by atoms with Gasteiger partial charge in [-0.1, -0.05) is 32.9 Å². The van der Waals surface area contributed by atoms with Crippen LogP contribution in [0.2, 0.25) is 0 Å². The van der Waals surface area contributed by atoms with Gasteiger partial charge in [0, 0.05) is 11.8 Å². The summed E-state index contributed by atoms with van der Waals surface area (Å²) in [4.78, 5) is 36.9. The number of rotatable bonds is 2. The van der Waals surface area contributed by atoms with Crippen LogP contribution in [0.1, 0.15) is 46.5 Å². The zero-order valence-corrected chi connectivity index (χ0v) is 16.1. The van der Waals surface area contributed by atoms with Crippen molar-refractivity contribution in [2.75, 3.05) is 0 Å². The number of ketones is 2. The number of carbonyl (C=O) groups is 3. The topological polar surface area (TPSA) is 91.7 Å². The van der Waals surface area contributed by atoms with Crippen molar-refractivity contribution in [3.8, 4) is 0 Å². The third-order valence-electron chi connectivity index (χ3n) is 8.48. The van der Waals surface area contributed by atoms with Crippen molar-refractivity contribution in [3.63, 3.8) is 0 Å². The smallest absolute Gasteiger partial charge is 0.306 e. The van der Waals surface area contributed by atoms with Crippen molar-refractivity contribution in [1.29, 1.82) is 0 Å². The van der Waals surface area contributed by atoms with Gasteiger partial charge in [-0.3, -0.25) is 14.4 Å². The maximum absolute atomic E-state index is 13.4. The molecule has 5 nitrogen and oxygen atoms in total. The fraction of sp³-hybridized carbons (Fsp3) is 0.682. The van der Waals surface area contributed by atoms with Gasteiger partial charge in [-0.25, -0.2) is 0 Å². The third kappa shape index (κ3) is 2.36. The summed E-state index contributed by atoms with van der Waals surface area (Å²) in [6, 6.07) is 0. The number of carboxylic acid groups (broad SMARTS) is 1. The highest BCUT2D eigenvalue weighted by Gasteiger charge is 2.63. The molecule has 4 aliphatic carbocycles. The first-order valence-electron chi connectivity index (χ1n) is 9.99. The molecule has 8 unspecified atom stereocenters. The summed E-state index contributed by atoms with van der Waals surface area (Å²) >= 11 is 0. The van der Waals surface area contributed by atoms with E-state index in [1.165, 1.54) is 0 Å². The Bertz CT molecular complexity index is 780. The van der Waals surface area contributed by atoms with E-state index < -0.39 is 23.4 Å². The number of hydrogen-bond acceptors (Lipinski definition) is 4. The van der Waals surface area contributed by atoms with Crippen LogP contribution in [-0.4, -0.2) is 33.9 Å². The number of Topliss-reactive ketones (excluding diaryl/α,β-unsaturated/α-hetero) is 1. The number of allylic oxidation sites excluding steroid dienone is 3. The molecule has 146 valence electrons. The van der Waals surface area contributed by atoms with Crippen molar-refractivity contribution < 1.29 is 24.6 Å². The minimum atomic E-state index is -1.00. The van der Waals surface area contributed by atoms with E-state index in [1.807, 2.05) is 13.0 Å². The van der Waals surface area contributed by atoms with E-state index in [2.05, 4.69) is 13.0 Å². The Morgan fingerprint density at radius 2 is 1.93 bits per heavy atom. The van der Waals surface area contributed by atoms with Crippen molar-refractivity contribution in [1.82, 2.24) is 0 Å². The Kier molecular flexibility index (Phi) is 4.05. The van der Waals surface area contributed by atoms with Crippen molar-refractivity contribution in [3.05, 3.63) is 23.8 Å². The molecule has 8 atom stereocenters. The van der Waals surface area contributed by atoms with Crippen LogP contribution in [0.15, 0.2) is 23.8 Å². The van der Waals surface area contributed by atoms with E-state index >= 15 is 0 Å². The van der Waals surface area contributed by atoms with E-state index in [0.29, 0.717) is 12.8 Å². The van der Waals surface area contributed by atoms with Crippen LogP contribution in [0.4, 0.5) is 0 Å². The Balaban J connectivity index is 1.75. The lowest BCUT2D eigenvalue weighted by Gasteiger charge is -2.55. The molecule has 2 fully saturated rings. The van der Waals surface area contributed by atoms with Gasteiger partial charge in [0.1, 0.15) is 11.9 Å². The maximum Gasteiger partial charge on any atom is 0.306 e. The molecule has 0 radical (unpaired) electrons. The van der Waals surface area contributed by atoms with E-state index in [1.54, 1.807) is 13.0 Å². The van der Waals surface area contributed by atoms with Gasteiger partial charge < -0.3 is 10.2 Å². The number of aliphatic carboxylic acids is 1. The van der Waals surface area contributed by atoms with Crippen molar-refractivity contribution in [2.24, 2.45) is 40.4 Å². The molecule has 0 aromatic rings. The highest BCUT2D eigenvalue weighted by atomic mass is 16.4. The standard InChI is InChI=1S/C22H28O5/c1-11(20(26)27)14-6-7-15-13-5-4-12-8-17(23)18(24)10-21(12,2)16(13)9-19(25)22(14,15)3/h4-5,8,11,13-16,18,24H,6-7,9-10H2,1-3H3,(H,26,27). The molecule has 0 heterocycles. The minimum Gasteiger partial charge on any atom is -0.481 e. The maximum atomic E-state index is 13.4. The fourth-order valence-electron chi connectivity index (χ4n) is 6.79. The van der Waals surface area contributed by atoms with Gasteiger partial charge in [-0.15, -0.1) is 0 Å². The lowest BCUT2D eigenvalue weighted by molar-refractivity contribution is -0.152. The van der Waals surface area contributed by atoms with Crippen LogP contribution in [0.25, 0.3) is 0 Å². The second-order valence-electron chi connectivity index (χ2n) is 9.51. The zero-order chi connectivity index (χ0) is 19.7. The summed E-state index contributed by atoms with van der Waals surface area (Å²) in [5.41, 5.74) is -0.0755. The van der Waals surface area contributed by atoms with E-state index in [0.717, 1.165) is 18.4 Å². The summed E-state index contributed by atoms with van der Waals surface area (Å²) in [7, 11) is 0. The zero-order valence-electron chi connectivity index (χ0n) is 16.1. The van der Waals surface area contributed by atoms with E-state index in [4.69, 9.17) is 0 Å². The molecule has 0 aromatic carbocycles. The number of aliphatic hydroxyl groups is 1. The molecule has 0 saturated heterocycles. The molecule has 4 rings (SSSR count). The Morgan fingerprint density at radius 1 is 1.22 bits per heavy atom. The van der Waals surface area contributed by atoms with Crippen LogP contribution in [-0.2, 0) is 14.4 Å². The number of carbonyl (C=O) groups excluding carboxylic acids is 2. The SMILES string of the molecule is CC(C(=O)O)C1CCC2C3C=CC4=CC(=O)C(O)CC4(C)C3CC(=O)C12C. The average Bonchev–Trinajstić information content (AvgIpc) is 2.95. The molecule has 0 aromatic heterocycles. The van der Waals surface area contributed by atoms with Gasteiger partial charge in [-0.2, -0.15) is 0 Å². The summed E-state index contributed by atoms with van der Waals surface area (Å²) in [6.07, 6.45) is 7.06. The molecule has 5 heteroatoms. The predicted octanol–water partition coefficient (Wildman–Crippen LogP) is 2.78. The van der Waals surface area contributed by atoms with Crippen molar-refractivity contribution in [2.45, 2.75) is 52.6 Å². The van der Waals surface area contributed by atoms with Crippen LogP contribution in [0.3, 0.4) is 0 Å². The number of hydrogen-bond donors (Lipinski definition) is 2. The van der Waals surface area contributed by atoms with E-state index in [-0.39, 0.29) is 40.7 Å². The summed E-state index contributed by atoms with van der Waals surface area (Å²) in [6.45, 7) is 5.77. The first-order valence-corrected chi connectivity index (χ1v) is 9.99. The first kappa shape index (κ1) is 18.6. The molecule has 0 aliphatic heterocycles. The van der Waals surface area contributed by atoms with Crippen LogP contribution in [0, 0.1) is 40.4 Å². The molecule has 0 bridgehead atoms. The van der Waals surface area contributed by atoms with Crippen LogP contribution < -0.4 is 0 Å². The Morgan fingerprint density at radius 3 is 2.59 bits per heavy atom. The number of carboxylic acids is 1. The molecular formula is C22H28O5. The highest BCUT2D eigenvalue weighted by molar-refractivity contribution is 5.96. The Hall–Kier alpha value is -1.75. The third-order valence-corrected chi connectivity index (χ3v) is 8.48. The molecule has 2 N–H and O–H groups in total. The van der Waals surface area contributed by atoms with Gasteiger partial charge in [0.05, 0.1) is 5.92 Å². The first-order chi connectivity index (χ1) is 12.6.